The molecule has 2 aromatic rings. The fourth-order valence-electron chi connectivity index (χ4n) is 2.55. The standard InChI is InChI=1S/C17H17BrN2O2S2/c1-24-9-8-14-16(21)20(17(23)19-14)10-13-6-7-15(22-13)11-2-4-12(18)5-3-11/h2-7,14H,8-10H2,1H3,(H,19,23)/t14-/m0/s1. The molecule has 1 atom stereocenters. The molecule has 0 saturated carbocycles. The number of thiocarbonyl (C=S) groups is 1. The largest absolute Gasteiger partial charge is 0.459 e. The number of nitrogens with zero attached hydrogens (tertiary/aromatic N) is 1. The predicted octanol–water partition coefficient (Wildman–Crippen LogP) is 4.05. The molecule has 1 N–H and O–H groups in total. The molecule has 2 heterocycles. The van der Waals surface area contributed by atoms with Crippen LogP contribution in [0.5, 0.6) is 0 Å². The molecule has 1 fully saturated rings. The molecule has 0 radical (unpaired) electrons. The summed E-state index contributed by atoms with van der Waals surface area (Å²) in [6, 6.07) is 11.5. The van der Waals surface area contributed by atoms with E-state index in [0.29, 0.717) is 11.7 Å². The van der Waals surface area contributed by atoms with Gasteiger partial charge < -0.3 is 9.73 Å². The number of carbonyl (C=O) groups is 1. The van der Waals surface area contributed by atoms with Gasteiger partial charge in [-0.1, -0.05) is 28.1 Å². The maximum absolute atomic E-state index is 12.5. The number of nitrogens with one attached hydrogen (secondary N) is 1. The number of thioether (sulfide) groups is 1. The van der Waals surface area contributed by atoms with Crippen molar-refractivity contribution < 1.29 is 9.21 Å². The molecule has 126 valence electrons. The summed E-state index contributed by atoms with van der Waals surface area (Å²) >= 11 is 10.4. The van der Waals surface area contributed by atoms with Crippen molar-refractivity contribution in [1.29, 1.82) is 0 Å². The molecular weight excluding hydrogens is 408 g/mol. The first-order valence-corrected chi connectivity index (χ1v) is 10.1. The fraction of sp³-hybridized carbons (Fsp3) is 0.294. The SMILES string of the molecule is CSCC[C@@H]1NC(=S)N(Cc2ccc(-c3ccc(Br)cc3)o2)C1=O. The Kier molecular flexibility index (Phi) is 5.63. The summed E-state index contributed by atoms with van der Waals surface area (Å²) in [5.41, 5.74) is 0.996. The zero-order chi connectivity index (χ0) is 17.1. The number of amides is 1. The van der Waals surface area contributed by atoms with Crippen LogP contribution in [0.1, 0.15) is 12.2 Å². The summed E-state index contributed by atoms with van der Waals surface area (Å²) in [7, 11) is 0. The number of rotatable bonds is 6. The highest BCUT2D eigenvalue weighted by Gasteiger charge is 2.35. The average Bonchev–Trinajstić information content (AvgIpc) is 3.14. The van der Waals surface area contributed by atoms with E-state index in [1.807, 2.05) is 42.7 Å². The van der Waals surface area contributed by atoms with Crippen LogP contribution in [-0.4, -0.2) is 34.0 Å². The summed E-state index contributed by atoms with van der Waals surface area (Å²) in [6.07, 6.45) is 2.81. The van der Waals surface area contributed by atoms with Crippen LogP contribution >= 0.6 is 39.9 Å². The fourth-order valence-corrected chi connectivity index (χ4v) is 3.58. The van der Waals surface area contributed by atoms with Crippen LogP contribution in [0.15, 0.2) is 45.3 Å². The highest BCUT2D eigenvalue weighted by molar-refractivity contribution is 9.10. The van der Waals surface area contributed by atoms with Crippen LogP contribution in [-0.2, 0) is 11.3 Å². The molecule has 0 unspecified atom stereocenters. The topological polar surface area (TPSA) is 45.5 Å². The minimum atomic E-state index is -0.217. The monoisotopic (exact) mass is 424 g/mol. The van der Waals surface area contributed by atoms with Gasteiger partial charge in [0.2, 0.25) is 0 Å². The zero-order valence-corrected chi connectivity index (χ0v) is 16.3. The molecule has 4 nitrogen and oxygen atoms in total. The quantitative estimate of drug-likeness (QED) is 0.708. The van der Waals surface area contributed by atoms with E-state index >= 15 is 0 Å². The van der Waals surface area contributed by atoms with E-state index in [2.05, 4.69) is 21.2 Å². The second-order valence-electron chi connectivity index (χ2n) is 5.48. The average molecular weight is 425 g/mol. The minimum Gasteiger partial charge on any atom is -0.459 e. The van der Waals surface area contributed by atoms with Crippen LogP contribution < -0.4 is 5.32 Å². The molecule has 7 heteroatoms. The van der Waals surface area contributed by atoms with Crippen molar-refractivity contribution >= 4 is 50.9 Å². The first kappa shape index (κ1) is 17.5. The zero-order valence-electron chi connectivity index (χ0n) is 13.1. The van der Waals surface area contributed by atoms with E-state index in [1.165, 1.54) is 0 Å². The van der Waals surface area contributed by atoms with Crippen LogP contribution in [0.25, 0.3) is 11.3 Å². The lowest BCUT2D eigenvalue weighted by Gasteiger charge is -2.13. The molecule has 1 saturated heterocycles. The van der Waals surface area contributed by atoms with E-state index in [4.69, 9.17) is 16.6 Å². The number of benzene rings is 1. The third kappa shape index (κ3) is 3.84. The maximum Gasteiger partial charge on any atom is 0.251 e. The van der Waals surface area contributed by atoms with Gasteiger partial charge in [-0.15, -0.1) is 0 Å². The Balaban J connectivity index is 1.69. The van der Waals surface area contributed by atoms with Crippen molar-refractivity contribution in [2.24, 2.45) is 0 Å². The van der Waals surface area contributed by atoms with Crippen LogP contribution in [0.4, 0.5) is 0 Å². The van der Waals surface area contributed by atoms with Gasteiger partial charge in [0, 0.05) is 10.0 Å². The van der Waals surface area contributed by atoms with Gasteiger partial charge in [-0.05, 0) is 54.9 Å². The van der Waals surface area contributed by atoms with Crippen molar-refractivity contribution in [3.63, 3.8) is 0 Å². The van der Waals surface area contributed by atoms with Crippen LogP contribution in [0.3, 0.4) is 0 Å². The van der Waals surface area contributed by atoms with Gasteiger partial charge in [-0.25, -0.2) is 0 Å². The smallest absolute Gasteiger partial charge is 0.251 e. The van der Waals surface area contributed by atoms with Gasteiger partial charge in [0.25, 0.3) is 5.91 Å². The van der Waals surface area contributed by atoms with Crippen molar-refractivity contribution in [2.45, 2.75) is 19.0 Å². The normalized spacial score (nSPS) is 17.4. The lowest BCUT2D eigenvalue weighted by Crippen LogP contribution is -2.31. The molecule has 0 aliphatic carbocycles. The van der Waals surface area contributed by atoms with Crippen molar-refractivity contribution in [3.05, 3.63) is 46.6 Å². The third-order valence-corrected chi connectivity index (χ3v) is 5.33. The first-order valence-electron chi connectivity index (χ1n) is 7.54. The van der Waals surface area contributed by atoms with Crippen molar-refractivity contribution in [3.8, 4) is 11.3 Å². The number of furan rings is 1. The second kappa shape index (κ2) is 7.72. The van der Waals surface area contributed by atoms with Crippen LogP contribution in [0.2, 0.25) is 0 Å². The van der Waals surface area contributed by atoms with Gasteiger partial charge in [0.15, 0.2) is 5.11 Å². The predicted molar refractivity (Wildman–Crippen MR) is 105 cm³/mol. The number of halogens is 1. The molecule has 1 aliphatic heterocycles. The third-order valence-electron chi connectivity index (χ3n) is 3.82. The maximum atomic E-state index is 12.5. The van der Waals surface area contributed by atoms with E-state index < -0.39 is 0 Å². The van der Waals surface area contributed by atoms with Gasteiger partial charge in [0.05, 0.1) is 6.54 Å². The Labute approximate surface area is 159 Å². The molecule has 3 rings (SSSR count). The van der Waals surface area contributed by atoms with E-state index in [9.17, 15) is 4.79 Å². The summed E-state index contributed by atoms with van der Waals surface area (Å²) in [4.78, 5) is 14.0. The number of hydrogen-bond donors (Lipinski definition) is 1. The van der Waals surface area contributed by atoms with Gasteiger partial charge in [0.1, 0.15) is 17.6 Å². The van der Waals surface area contributed by atoms with E-state index in [0.717, 1.165) is 33.7 Å². The van der Waals surface area contributed by atoms with Gasteiger partial charge >= 0.3 is 0 Å². The lowest BCUT2D eigenvalue weighted by atomic mass is 10.2. The minimum absolute atomic E-state index is 0.0237. The summed E-state index contributed by atoms with van der Waals surface area (Å²) in [6.45, 7) is 0.358. The summed E-state index contributed by atoms with van der Waals surface area (Å²) in [5, 5.41) is 3.58. The Morgan fingerprint density at radius 3 is 2.75 bits per heavy atom. The van der Waals surface area contributed by atoms with Crippen LogP contribution in [0, 0.1) is 0 Å². The molecule has 0 spiro atoms. The lowest BCUT2D eigenvalue weighted by molar-refractivity contribution is -0.127. The molecule has 1 amide bonds. The van der Waals surface area contributed by atoms with Gasteiger partial charge in [-0.3, -0.25) is 9.69 Å². The van der Waals surface area contributed by atoms with Gasteiger partial charge in [-0.2, -0.15) is 11.8 Å². The van der Waals surface area contributed by atoms with E-state index in [-0.39, 0.29) is 11.9 Å². The summed E-state index contributed by atoms with van der Waals surface area (Å²) in [5.74, 6) is 2.45. The van der Waals surface area contributed by atoms with E-state index in [1.54, 1.807) is 16.7 Å². The Hall–Kier alpha value is -1.31. The highest BCUT2D eigenvalue weighted by atomic mass is 79.9. The Morgan fingerprint density at radius 2 is 2.04 bits per heavy atom. The molecule has 0 bridgehead atoms. The second-order valence-corrected chi connectivity index (χ2v) is 7.77. The molecule has 1 aromatic carbocycles. The molecule has 1 aromatic heterocycles. The Morgan fingerprint density at radius 1 is 1.29 bits per heavy atom. The molecule has 1 aliphatic rings. The highest BCUT2D eigenvalue weighted by Crippen LogP contribution is 2.25. The Bertz CT molecular complexity index is 745. The number of hydrogen-bond acceptors (Lipinski definition) is 4. The van der Waals surface area contributed by atoms with Crippen molar-refractivity contribution in [1.82, 2.24) is 10.2 Å². The first-order chi connectivity index (χ1) is 11.6. The van der Waals surface area contributed by atoms with Crippen molar-refractivity contribution in [2.75, 3.05) is 12.0 Å². The number of carbonyl (C=O) groups excluding carboxylic acids is 1. The summed E-state index contributed by atoms with van der Waals surface area (Å²) < 4.78 is 6.91. The molecular formula is C17H17BrN2O2S2. The molecule has 24 heavy (non-hydrogen) atoms.